The number of carbonyl (C=O) groups excluding carboxylic acids is 1. The van der Waals surface area contributed by atoms with Gasteiger partial charge in [0.25, 0.3) is 0 Å². The number of fused-ring (bicyclic) bond motifs is 5. The van der Waals surface area contributed by atoms with Crippen molar-refractivity contribution in [3.8, 4) is 0 Å². The topological polar surface area (TPSA) is 41.5 Å². The molecule has 0 aromatic carbocycles. The van der Waals surface area contributed by atoms with Gasteiger partial charge in [0.05, 0.1) is 12.9 Å². The number of allylic oxidation sites excluding steroid dienone is 1. The zero-order valence-electron chi connectivity index (χ0n) is 15.8. The molecule has 25 heavy (non-hydrogen) atoms. The van der Waals surface area contributed by atoms with Crippen LogP contribution in [-0.2, 0) is 4.79 Å². The van der Waals surface area contributed by atoms with E-state index in [1.807, 2.05) is 12.4 Å². The van der Waals surface area contributed by atoms with Crippen LogP contribution in [0, 0.1) is 34.5 Å². The third kappa shape index (κ3) is 2.16. The van der Waals surface area contributed by atoms with Gasteiger partial charge < -0.3 is 5.32 Å². The molecule has 5 aliphatic rings. The first-order chi connectivity index (χ1) is 12.0. The quantitative estimate of drug-likeness (QED) is 0.779. The maximum absolute atomic E-state index is 11.9. The summed E-state index contributed by atoms with van der Waals surface area (Å²) in [5, 5.41) is 3.55. The Hall–Kier alpha value is -1.12. The minimum absolute atomic E-state index is 0.310. The fourth-order valence-electron chi connectivity index (χ4n) is 7.87. The van der Waals surface area contributed by atoms with Crippen LogP contribution in [0.5, 0.6) is 0 Å². The van der Waals surface area contributed by atoms with E-state index in [1.54, 1.807) is 0 Å². The molecule has 3 heteroatoms. The van der Waals surface area contributed by atoms with Gasteiger partial charge in [-0.15, -0.1) is 0 Å². The molecule has 7 atom stereocenters. The van der Waals surface area contributed by atoms with Crippen molar-refractivity contribution in [1.29, 1.82) is 0 Å². The van der Waals surface area contributed by atoms with Crippen molar-refractivity contribution in [2.75, 3.05) is 6.54 Å². The van der Waals surface area contributed by atoms with E-state index in [4.69, 9.17) is 0 Å². The van der Waals surface area contributed by atoms with Gasteiger partial charge >= 0.3 is 0 Å². The maximum Gasteiger partial charge on any atom is 0.155 e. The fourth-order valence-corrected chi connectivity index (χ4v) is 7.87. The van der Waals surface area contributed by atoms with Crippen LogP contribution in [-0.4, -0.2) is 24.7 Å². The summed E-state index contributed by atoms with van der Waals surface area (Å²) < 4.78 is 0. The molecule has 136 valence electrons. The zero-order chi connectivity index (χ0) is 17.2. The SMILES string of the molecule is C[C@]12CCC(=O)C=C1CC[C@@H]1[C@@H]2CC[C@]2(C)C(C3CN=CN3)CC[C@@H]12. The Morgan fingerprint density at radius 2 is 1.88 bits per heavy atom. The number of hydrogen-bond donors (Lipinski definition) is 1. The molecule has 0 radical (unpaired) electrons. The molecule has 0 saturated heterocycles. The van der Waals surface area contributed by atoms with Crippen LogP contribution < -0.4 is 5.32 Å². The second-order valence-corrected chi connectivity index (χ2v) is 9.96. The Morgan fingerprint density at radius 1 is 1.04 bits per heavy atom. The van der Waals surface area contributed by atoms with Gasteiger partial charge in [0.1, 0.15) is 0 Å². The number of nitrogens with zero attached hydrogens (tertiary/aromatic N) is 1. The molecule has 1 aliphatic heterocycles. The van der Waals surface area contributed by atoms with E-state index in [9.17, 15) is 4.79 Å². The maximum atomic E-state index is 11.9. The van der Waals surface area contributed by atoms with E-state index in [0.29, 0.717) is 22.7 Å². The molecular formula is C22H32N2O. The standard InChI is InChI=1S/C22H32N2O/c1-21-9-7-15(25)11-14(21)3-4-16-17-5-6-19(20-12-23-13-24-20)22(17,2)10-8-18(16)21/h11,13,16-20H,3-10,12H2,1-2H3,(H,23,24)/t16-,17-,18-,19?,20?,21-,22-/m0/s1. The minimum Gasteiger partial charge on any atom is -0.372 e. The van der Waals surface area contributed by atoms with Crippen LogP contribution in [0.15, 0.2) is 16.6 Å². The molecule has 0 bridgehead atoms. The summed E-state index contributed by atoms with van der Waals surface area (Å²) in [5.74, 6) is 3.74. The van der Waals surface area contributed by atoms with Crippen molar-refractivity contribution in [3.63, 3.8) is 0 Å². The van der Waals surface area contributed by atoms with Crippen LogP contribution >= 0.6 is 0 Å². The average molecular weight is 341 g/mol. The van der Waals surface area contributed by atoms with Gasteiger partial charge in [0.15, 0.2) is 5.78 Å². The molecule has 0 aromatic heterocycles. The monoisotopic (exact) mass is 340 g/mol. The number of hydrogen-bond acceptors (Lipinski definition) is 3. The molecule has 4 aliphatic carbocycles. The van der Waals surface area contributed by atoms with E-state index in [0.717, 1.165) is 43.1 Å². The Morgan fingerprint density at radius 3 is 2.68 bits per heavy atom. The first-order valence-corrected chi connectivity index (χ1v) is 10.5. The lowest BCUT2D eigenvalue weighted by Gasteiger charge is -2.58. The lowest BCUT2D eigenvalue weighted by atomic mass is 9.46. The van der Waals surface area contributed by atoms with Gasteiger partial charge in [0, 0.05) is 12.5 Å². The van der Waals surface area contributed by atoms with E-state index in [2.05, 4.69) is 24.2 Å². The molecule has 0 aromatic rings. The van der Waals surface area contributed by atoms with Crippen LogP contribution in [0.4, 0.5) is 0 Å². The first kappa shape index (κ1) is 16.1. The van der Waals surface area contributed by atoms with Gasteiger partial charge in [-0.3, -0.25) is 9.79 Å². The van der Waals surface area contributed by atoms with E-state index < -0.39 is 0 Å². The van der Waals surface area contributed by atoms with Gasteiger partial charge in [-0.1, -0.05) is 19.4 Å². The fraction of sp³-hybridized carbons (Fsp3) is 0.818. The second kappa shape index (κ2) is 5.44. The van der Waals surface area contributed by atoms with Gasteiger partial charge in [-0.2, -0.15) is 0 Å². The summed E-state index contributed by atoms with van der Waals surface area (Å²) in [4.78, 5) is 16.4. The second-order valence-electron chi connectivity index (χ2n) is 9.96. The molecule has 0 spiro atoms. The highest BCUT2D eigenvalue weighted by molar-refractivity contribution is 5.91. The molecule has 3 fully saturated rings. The molecule has 2 unspecified atom stereocenters. The average Bonchev–Trinajstić information content (AvgIpc) is 3.22. The normalized spacial score (nSPS) is 51.4. The Balaban J connectivity index is 1.44. The Labute approximate surface area is 151 Å². The van der Waals surface area contributed by atoms with E-state index in [-0.39, 0.29) is 0 Å². The number of ketones is 1. The molecule has 1 heterocycles. The highest BCUT2D eigenvalue weighted by Gasteiger charge is 2.59. The summed E-state index contributed by atoms with van der Waals surface area (Å²) in [7, 11) is 0. The largest absolute Gasteiger partial charge is 0.372 e. The van der Waals surface area contributed by atoms with Gasteiger partial charge in [-0.05, 0) is 85.5 Å². The van der Waals surface area contributed by atoms with E-state index in [1.165, 1.54) is 44.1 Å². The zero-order valence-corrected chi connectivity index (χ0v) is 15.8. The van der Waals surface area contributed by atoms with Crippen molar-refractivity contribution in [2.24, 2.45) is 39.5 Å². The Bertz CT molecular complexity index is 644. The van der Waals surface area contributed by atoms with E-state index >= 15 is 0 Å². The van der Waals surface area contributed by atoms with Crippen molar-refractivity contribution < 1.29 is 4.79 Å². The van der Waals surface area contributed by atoms with Gasteiger partial charge in [0.2, 0.25) is 0 Å². The Kier molecular flexibility index (Phi) is 3.50. The summed E-state index contributed by atoms with van der Waals surface area (Å²) in [6.07, 6.45) is 13.9. The van der Waals surface area contributed by atoms with Crippen LogP contribution in [0.3, 0.4) is 0 Å². The summed E-state index contributed by atoms with van der Waals surface area (Å²) in [5.41, 5.74) is 2.30. The highest BCUT2D eigenvalue weighted by atomic mass is 16.1. The number of aliphatic imine (C=N–C) groups is 1. The molecule has 0 amide bonds. The number of nitrogens with one attached hydrogen (secondary N) is 1. The summed E-state index contributed by atoms with van der Waals surface area (Å²) in [6, 6.07) is 0.577. The first-order valence-electron chi connectivity index (χ1n) is 10.5. The van der Waals surface area contributed by atoms with Crippen LogP contribution in [0.2, 0.25) is 0 Å². The number of carbonyl (C=O) groups is 1. The van der Waals surface area contributed by atoms with Crippen molar-refractivity contribution in [3.05, 3.63) is 11.6 Å². The van der Waals surface area contributed by atoms with Crippen LogP contribution in [0.25, 0.3) is 0 Å². The predicted octanol–water partition coefficient (Wildman–Crippen LogP) is 4.13. The summed E-state index contributed by atoms with van der Waals surface area (Å²) >= 11 is 0. The molecule has 3 nitrogen and oxygen atoms in total. The smallest absolute Gasteiger partial charge is 0.155 e. The lowest BCUT2D eigenvalue weighted by molar-refractivity contribution is -0.117. The molecule has 3 saturated carbocycles. The highest BCUT2D eigenvalue weighted by Crippen LogP contribution is 2.67. The predicted molar refractivity (Wildman–Crippen MR) is 100 cm³/mol. The van der Waals surface area contributed by atoms with Crippen LogP contribution in [0.1, 0.15) is 65.2 Å². The van der Waals surface area contributed by atoms with Crippen molar-refractivity contribution >= 4 is 12.1 Å². The molecule has 1 N–H and O–H groups in total. The third-order valence-corrected chi connectivity index (χ3v) is 9.20. The number of rotatable bonds is 1. The van der Waals surface area contributed by atoms with Crippen molar-refractivity contribution in [1.82, 2.24) is 5.32 Å². The minimum atomic E-state index is 0.310. The van der Waals surface area contributed by atoms with Gasteiger partial charge in [-0.25, -0.2) is 0 Å². The lowest BCUT2D eigenvalue weighted by Crippen LogP contribution is -2.52. The molecular weight excluding hydrogens is 308 g/mol. The van der Waals surface area contributed by atoms with Crippen molar-refractivity contribution in [2.45, 2.75) is 71.3 Å². The summed E-state index contributed by atoms with van der Waals surface area (Å²) in [6.45, 7) is 6.07. The molecule has 5 rings (SSSR count). The third-order valence-electron chi connectivity index (χ3n) is 9.20.